The van der Waals surface area contributed by atoms with E-state index in [1.807, 2.05) is 0 Å². The van der Waals surface area contributed by atoms with Crippen molar-refractivity contribution in [3.05, 3.63) is 0 Å². The van der Waals surface area contributed by atoms with Crippen molar-refractivity contribution in [3.63, 3.8) is 0 Å². The average Bonchev–Trinajstić information content (AvgIpc) is 2.63. The third kappa shape index (κ3) is 4.57. The van der Waals surface area contributed by atoms with Crippen molar-refractivity contribution in [1.29, 1.82) is 0 Å². The molecule has 0 radical (unpaired) electrons. The average molecular weight is 242 g/mol. The summed E-state index contributed by atoms with van der Waals surface area (Å²) in [6, 6.07) is 1.19. The largest absolute Gasteiger partial charge is 0.377 e. The molecular weight excluding hydrogens is 212 g/mol. The molecule has 3 heteroatoms. The van der Waals surface area contributed by atoms with Gasteiger partial charge >= 0.3 is 0 Å². The summed E-state index contributed by atoms with van der Waals surface area (Å²) in [6.45, 7) is 13.1. The molecule has 1 saturated heterocycles. The minimum absolute atomic E-state index is 0.200. The molecule has 17 heavy (non-hydrogen) atoms. The van der Waals surface area contributed by atoms with Crippen LogP contribution in [-0.2, 0) is 4.74 Å². The zero-order valence-corrected chi connectivity index (χ0v) is 12.4. The Morgan fingerprint density at radius 2 is 2.06 bits per heavy atom. The minimum Gasteiger partial charge on any atom is -0.377 e. The van der Waals surface area contributed by atoms with Crippen LogP contribution in [0.25, 0.3) is 0 Å². The number of ether oxygens (including phenoxy) is 1. The Labute approximate surface area is 107 Å². The molecule has 3 atom stereocenters. The number of nitrogens with one attached hydrogen (secondary N) is 1. The fraction of sp³-hybridized carbons (Fsp3) is 1.00. The van der Waals surface area contributed by atoms with Crippen LogP contribution in [0.4, 0.5) is 0 Å². The van der Waals surface area contributed by atoms with E-state index in [1.165, 1.54) is 12.8 Å². The highest BCUT2D eigenvalue weighted by molar-refractivity contribution is 4.86. The molecule has 0 aromatic rings. The molecule has 1 heterocycles. The summed E-state index contributed by atoms with van der Waals surface area (Å²) in [5.41, 5.74) is 0.200. The van der Waals surface area contributed by atoms with E-state index in [4.69, 9.17) is 4.74 Å². The van der Waals surface area contributed by atoms with Gasteiger partial charge in [-0.25, -0.2) is 0 Å². The van der Waals surface area contributed by atoms with E-state index >= 15 is 0 Å². The van der Waals surface area contributed by atoms with Crippen molar-refractivity contribution in [2.75, 3.05) is 20.2 Å². The first-order chi connectivity index (χ1) is 7.85. The van der Waals surface area contributed by atoms with Crippen LogP contribution in [-0.4, -0.2) is 48.8 Å². The third-order valence-electron chi connectivity index (χ3n) is 3.77. The van der Waals surface area contributed by atoms with E-state index in [9.17, 15) is 0 Å². The van der Waals surface area contributed by atoms with Crippen LogP contribution in [0, 0.1) is 0 Å². The van der Waals surface area contributed by atoms with E-state index in [0.29, 0.717) is 18.2 Å². The van der Waals surface area contributed by atoms with E-state index in [0.717, 1.165) is 13.2 Å². The Bertz CT molecular complexity index is 225. The van der Waals surface area contributed by atoms with Gasteiger partial charge in [-0.05, 0) is 47.6 Å². The predicted molar refractivity (Wildman–Crippen MR) is 73.4 cm³/mol. The summed E-state index contributed by atoms with van der Waals surface area (Å²) in [5, 5.41) is 3.61. The molecule has 0 bridgehead atoms. The van der Waals surface area contributed by atoms with Crippen molar-refractivity contribution in [3.8, 4) is 0 Å². The van der Waals surface area contributed by atoms with Gasteiger partial charge in [0.2, 0.25) is 0 Å². The fourth-order valence-corrected chi connectivity index (χ4v) is 2.53. The lowest BCUT2D eigenvalue weighted by Gasteiger charge is -2.36. The van der Waals surface area contributed by atoms with E-state index in [1.54, 1.807) is 0 Å². The van der Waals surface area contributed by atoms with Crippen LogP contribution in [0.2, 0.25) is 0 Å². The van der Waals surface area contributed by atoms with Crippen molar-refractivity contribution in [2.45, 2.75) is 71.2 Å². The minimum atomic E-state index is 0.200. The molecule has 3 nitrogen and oxygen atoms in total. The first-order valence-corrected chi connectivity index (χ1v) is 6.93. The summed E-state index contributed by atoms with van der Waals surface area (Å²) >= 11 is 0. The number of nitrogens with zero attached hydrogens (tertiary/aromatic N) is 1. The fourth-order valence-electron chi connectivity index (χ4n) is 2.53. The monoisotopic (exact) mass is 242 g/mol. The van der Waals surface area contributed by atoms with Crippen LogP contribution < -0.4 is 5.32 Å². The van der Waals surface area contributed by atoms with E-state index in [2.05, 4.69) is 51.9 Å². The highest BCUT2D eigenvalue weighted by Crippen LogP contribution is 2.21. The highest BCUT2D eigenvalue weighted by atomic mass is 16.5. The van der Waals surface area contributed by atoms with Crippen LogP contribution in [0.3, 0.4) is 0 Å². The molecule has 0 aliphatic carbocycles. The lowest BCUT2D eigenvalue weighted by molar-refractivity contribution is 0.0649. The van der Waals surface area contributed by atoms with Gasteiger partial charge in [-0.15, -0.1) is 0 Å². The molecule has 102 valence electrons. The van der Waals surface area contributed by atoms with Crippen LogP contribution in [0.15, 0.2) is 0 Å². The topological polar surface area (TPSA) is 24.5 Å². The summed E-state index contributed by atoms with van der Waals surface area (Å²) in [7, 11) is 2.24. The standard InChI is InChI=1S/C14H30N2O/c1-7-12(10-15-14(3,4)5)16(6)13-8-9-17-11(13)2/h11-13,15H,7-10H2,1-6H3. The smallest absolute Gasteiger partial charge is 0.0703 e. The van der Waals surface area contributed by atoms with Gasteiger partial charge in [0.15, 0.2) is 0 Å². The summed E-state index contributed by atoms with van der Waals surface area (Å²) in [4.78, 5) is 2.51. The first-order valence-electron chi connectivity index (χ1n) is 6.93. The molecule has 1 N–H and O–H groups in total. The molecule has 1 aliphatic rings. The molecule has 1 aliphatic heterocycles. The van der Waals surface area contributed by atoms with Crippen molar-refractivity contribution in [2.24, 2.45) is 0 Å². The third-order valence-corrected chi connectivity index (χ3v) is 3.77. The predicted octanol–water partition coefficient (Wildman–Crippen LogP) is 2.26. The van der Waals surface area contributed by atoms with Gasteiger partial charge in [0.05, 0.1) is 6.10 Å². The molecule has 0 aromatic heterocycles. The van der Waals surface area contributed by atoms with Crippen LogP contribution in [0.5, 0.6) is 0 Å². The zero-order chi connectivity index (χ0) is 13.1. The van der Waals surface area contributed by atoms with Gasteiger partial charge in [0.1, 0.15) is 0 Å². The molecule has 1 fully saturated rings. The molecule has 0 spiro atoms. The second-order valence-corrected chi connectivity index (χ2v) is 6.29. The van der Waals surface area contributed by atoms with Gasteiger partial charge in [0, 0.05) is 30.8 Å². The lowest BCUT2D eigenvalue weighted by Crippen LogP contribution is -2.50. The van der Waals surface area contributed by atoms with Gasteiger partial charge in [-0.1, -0.05) is 6.92 Å². The Morgan fingerprint density at radius 1 is 1.41 bits per heavy atom. The van der Waals surface area contributed by atoms with Gasteiger partial charge in [-0.3, -0.25) is 4.90 Å². The highest BCUT2D eigenvalue weighted by Gasteiger charge is 2.31. The summed E-state index contributed by atoms with van der Waals surface area (Å²) < 4.78 is 5.66. The second kappa shape index (κ2) is 6.17. The summed E-state index contributed by atoms with van der Waals surface area (Å²) in [6.07, 6.45) is 2.73. The Hall–Kier alpha value is -0.120. The quantitative estimate of drug-likeness (QED) is 0.800. The molecule has 1 rings (SSSR count). The second-order valence-electron chi connectivity index (χ2n) is 6.29. The maximum absolute atomic E-state index is 5.66. The number of hydrogen-bond donors (Lipinski definition) is 1. The maximum atomic E-state index is 5.66. The van der Waals surface area contributed by atoms with Crippen molar-refractivity contribution >= 4 is 0 Å². The Morgan fingerprint density at radius 3 is 2.47 bits per heavy atom. The van der Waals surface area contributed by atoms with Gasteiger partial charge in [0.25, 0.3) is 0 Å². The Balaban J connectivity index is 2.48. The van der Waals surface area contributed by atoms with Gasteiger partial charge in [-0.2, -0.15) is 0 Å². The number of likely N-dealkylation sites (N-methyl/N-ethyl adjacent to an activating group) is 1. The molecule has 0 saturated carbocycles. The van der Waals surface area contributed by atoms with E-state index < -0.39 is 0 Å². The normalized spacial score (nSPS) is 27.7. The maximum Gasteiger partial charge on any atom is 0.0703 e. The molecule has 3 unspecified atom stereocenters. The van der Waals surface area contributed by atoms with Crippen LogP contribution >= 0.6 is 0 Å². The van der Waals surface area contributed by atoms with E-state index in [-0.39, 0.29) is 5.54 Å². The Kier molecular flexibility index (Phi) is 5.42. The molecular formula is C14H30N2O. The zero-order valence-electron chi connectivity index (χ0n) is 12.4. The van der Waals surface area contributed by atoms with Crippen LogP contribution in [0.1, 0.15) is 47.5 Å². The number of rotatable bonds is 5. The lowest BCUT2D eigenvalue weighted by atomic mass is 10.0. The molecule has 0 amide bonds. The first kappa shape index (κ1) is 14.9. The van der Waals surface area contributed by atoms with Crippen molar-refractivity contribution < 1.29 is 4.74 Å². The summed E-state index contributed by atoms with van der Waals surface area (Å²) in [5.74, 6) is 0. The SMILES string of the molecule is CCC(CNC(C)(C)C)N(C)C1CCOC1C. The number of hydrogen-bond acceptors (Lipinski definition) is 3. The van der Waals surface area contributed by atoms with Gasteiger partial charge < -0.3 is 10.1 Å². The van der Waals surface area contributed by atoms with Crippen molar-refractivity contribution in [1.82, 2.24) is 10.2 Å². The molecule has 0 aromatic carbocycles.